The summed E-state index contributed by atoms with van der Waals surface area (Å²) < 4.78 is 35.1. The van der Waals surface area contributed by atoms with Crippen molar-refractivity contribution in [2.45, 2.75) is 19.0 Å². The number of carboxylic acids is 1. The zero-order valence-corrected chi connectivity index (χ0v) is 5.80. The molecule has 0 unspecified atom stereocenters. The summed E-state index contributed by atoms with van der Waals surface area (Å²) in [6.07, 6.45) is -6.29. The van der Waals surface area contributed by atoms with Gasteiger partial charge < -0.3 is 10.3 Å². The van der Waals surface area contributed by atoms with Crippen LogP contribution in [0.4, 0.5) is 13.2 Å². The standard InChI is InChI=1S/C5H6F3NO3/c6-5(7,8)3(9-12)1-2-4(10)11/h12H,1-2H2,(H,10,11)/b9-3-. The lowest BCUT2D eigenvalue weighted by Crippen LogP contribution is -2.23. The Kier molecular flexibility index (Phi) is 3.52. The van der Waals surface area contributed by atoms with Gasteiger partial charge in [-0.3, -0.25) is 4.79 Å². The van der Waals surface area contributed by atoms with Gasteiger partial charge in [-0.15, -0.1) is 0 Å². The summed E-state index contributed by atoms with van der Waals surface area (Å²) in [7, 11) is 0. The minimum Gasteiger partial charge on any atom is -0.481 e. The molecule has 0 aliphatic carbocycles. The van der Waals surface area contributed by atoms with Gasteiger partial charge in [-0.05, 0) is 0 Å². The monoisotopic (exact) mass is 185 g/mol. The van der Waals surface area contributed by atoms with E-state index in [1.165, 1.54) is 0 Å². The second-order valence-corrected chi connectivity index (χ2v) is 1.94. The molecule has 0 aliphatic rings. The van der Waals surface area contributed by atoms with E-state index in [-0.39, 0.29) is 0 Å². The van der Waals surface area contributed by atoms with Crippen molar-refractivity contribution in [1.82, 2.24) is 0 Å². The van der Waals surface area contributed by atoms with E-state index in [4.69, 9.17) is 10.3 Å². The molecule has 0 amide bonds. The highest BCUT2D eigenvalue weighted by Crippen LogP contribution is 2.19. The summed E-state index contributed by atoms with van der Waals surface area (Å²) in [4.78, 5) is 9.84. The number of hydrogen-bond donors (Lipinski definition) is 2. The van der Waals surface area contributed by atoms with E-state index < -0.39 is 30.7 Å². The predicted molar refractivity (Wildman–Crippen MR) is 32.1 cm³/mol. The first kappa shape index (κ1) is 10.7. The second kappa shape index (κ2) is 3.93. The van der Waals surface area contributed by atoms with Crippen molar-refractivity contribution in [3.8, 4) is 0 Å². The van der Waals surface area contributed by atoms with E-state index in [0.29, 0.717) is 0 Å². The Hall–Kier alpha value is -1.27. The van der Waals surface area contributed by atoms with Crippen LogP contribution >= 0.6 is 0 Å². The number of rotatable bonds is 3. The summed E-state index contributed by atoms with van der Waals surface area (Å²) in [5.41, 5.74) is -1.48. The van der Waals surface area contributed by atoms with Crippen molar-refractivity contribution in [3.05, 3.63) is 0 Å². The SMILES string of the molecule is O=C(O)CC/C(=N/O)C(F)(F)F. The topological polar surface area (TPSA) is 69.9 Å². The molecule has 4 nitrogen and oxygen atoms in total. The maximum absolute atomic E-state index is 11.7. The Balaban J connectivity index is 4.13. The molecule has 0 saturated carbocycles. The van der Waals surface area contributed by atoms with Crippen LogP contribution in [0.1, 0.15) is 12.8 Å². The number of hydrogen-bond acceptors (Lipinski definition) is 3. The van der Waals surface area contributed by atoms with Crippen molar-refractivity contribution < 1.29 is 28.3 Å². The lowest BCUT2D eigenvalue weighted by molar-refractivity contribution is -0.136. The largest absolute Gasteiger partial charge is 0.481 e. The number of alkyl halides is 3. The number of nitrogens with zero attached hydrogens (tertiary/aromatic N) is 1. The third kappa shape index (κ3) is 3.79. The lowest BCUT2D eigenvalue weighted by atomic mass is 10.2. The molecule has 0 heterocycles. The van der Waals surface area contributed by atoms with Gasteiger partial charge in [0.2, 0.25) is 0 Å². The summed E-state index contributed by atoms with van der Waals surface area (Å²) in [6.45, 7) is 0. The molecule has 0 radical (unpaired) electrons. The molecule has 0 saturated heterocycles. The van der Waals surface area contributed by atoms with E-state index in [1.807, 2.05) is 5.16 Å². The van der Waals surface area contributed by atoms with Gasteiger partial charge in [0.05, 0.1) is 6.42 Å². The first-order valence-electron chi connectivity index (χ1n) is 2.88. The van der Waals surface area contributed by atoms with Gasteiger partial charge in [0.25, 0.3) is 0 Å². The van der Waals surface area contributed by atoms with Gasteiger partial charge >= 0.3 is 12.1 Å². The summed E-state index contributed by atoms with van der Waals surface area (Å²) in [5, 5.41) is 17.8. The molecule has 2 N–H and O–H groups in total. The third-order valence-electron chi connectivity index (χ3n) is 1.02. The highest BCUT2D eigenvalue weighted by atomic mass is 19.4. The molecule has 0 aromatic carbocycles. The molecular weight excluding hydrogens is 179 g/mol. The Morgan fingerprint density at radius 1 is 1.33 bits per heavy atom. The normalized spacial score (nSPS) is 13.1. The zero-order chi connectivity index (χ0) is 9.78. The van der Waals surface area contributed by atoms with Gasteiger partial charge in [-0.2, -0.15) is 13.2 Å². The molecule has 0 fully saturated rings. The van der Waals surface area contributed by atoms with Gasteiger partial charge in [0, 0.05) is 6.42 Å². The van der Waals surface area contributed by atoms with Crippen molar-refractivity contribution >= 4 is 11.7 Å². The fourth-order valence-corrected chi connectivity index (χ4v) is 0.474. The number of oxime groups is 1. The fourth-order valence-electron chi connectivity index (χ4n) is 0.474. The molecule has 0 atom stereocenters. The maximum Gasteiger partial charge on any atom is 0.432 e. The Morgan fingerprint density at radius 3 is 2.08 bits per heavy atom. The van der Waals surface area contributed by atoms with Crippen LogP contribution in [0.25, 0.3) is 0 Å². The van der Waals surface area contributed by atoms with E-state index >= 15 is 0 Å². The summed E-state index contributed by atoms with van der Waals surface area (Å²) in [6, 6.07) is 0. The minimum atomic E-state index is -4.76. The highest BCUT2D eigenvalue weighted by molar-refractivity contribution is 5.91. The Bertz CT molecular complexity index is 199. The molecule has 70 valence electrons. The van der Waals surface area contributed by atoms with Crippen LogP contribution in [0, 0.1) is 0 Å². The Labute approximate surface area is 65.3 Å². The zero-order valence-electron chi connectivity index (χ0n) is 5.80. The average molecular weight is 185 g/mol. The molecule has 7 heteroatoms. The molecular formula is C5H6F3NO3. The van der Waals surface area contributed by atoms with E-state index in [1.54, 1.807) is 0 Å². The molecule has 12 heavy (non-hydrogen) atoms. The number of carboxylic acid groups (broad SMARTS) is 1. The summed E-state index contributed by atoms with van der Waals surface area (Å²) >= 11 is 0. The predicted octanol–water partition coefficient (Wildman–Crippen LogP) is 1.24. The molecule has 0 aromatic rings. The number of carbonyl (C=O) groups is 1. The van der Waals surface area contributed by atoms with Gasteiger partial charge in [0.1, 0.15) is 0 Å². The number of halogens is 3. The molecule has 0 bridgehead atoms. The molecule has 0 aliphatic heterocycles. The minimum absolute atomic E-state index is 0.709. The summed E-state index contributed by atoms with van der Waals surface area (Å²) in [5.74, 6) is -1.37. The van der Waals surface area contributed by atoms with Crippen LogP contribution in [0.2, 0.25) is 0 Å². The van der Waals surface area contributed by atoms with Crippen LogP contribution in [0.5, 0.6) is 0 Å². The van der Waals surface area contributed by atoms with E-state index in [2.05, 4.69) is 0 Å². The molecule has 0 spiro atoms. The van der Waals surface area contributed by atoms with Crippen molar-refractivity contribution in [1.29, 1.82) is 0 Å². The maximum atomic E-state index is 11.7. The van der Waals surface area contributed by atoms with Gasteiger partial charge in [-0.1, -0.05) is 5.16 Å². The molecule has 0 rings (SSSR count). The van der Waals surface area contributed by atoms with Crippen molar-refractivity contribution in [2.24, 2.45) is 5.16 Å². The van der Waals surface area contributed by atoms with E-state index in [0.717, 1.165) is 0 Å². The van der Waals surface area contributed by atoms with Crippen molar-refractivity contribution in [2.75, 3.05) is 0 Å². The van der Waals surface area contributed by atoms with Crippen LogP contribution in [-0.4, -0.2) is 28.2 Å². The van der Waals surface area contributed by atoms with Crippen LogP contribution in [0.3, 0.4) is 0 Å². The average Bonchev–Trinajstić information content (AvgIpc) is 1.85. The third-order valence-corrected chi connectivity index (χ3v) is 1.02. The fraction of sp³-hybridized carbons (Fsp3) is 0.600. The van der Waals surface area contributed by atoms with Crippen LogP contribution < -0.4 is 0 Å². The highest BCUT2D eigenvalue weighted by Gasteiger charge is 2.36. The van der Waals surface area contributed by atoms with Crippen LogP contribution in [0.15, 0.2) is 5.16 Å². The smallest absolute Gasteiger partial charge is 0.432 e. The first-order valence-corrected chi connectivity index (χ1v) is 2.88. The van der Waals surface area contributed by atoms with Crippen LogP contribution in [-0.2, 0) is 4.79 Å². The first-order chi connectivity index (χ1) is 5.38. The van der Waals surface area contributed by atoms with E-state index in [9.17, 15) is 18.0 Å². The molecule has 0 aromatic heterocycles. The number of aliphatic carboxylic acids is 1. The Morgan fingerprint density at radius 2 is 1.83 bits per heavy atom. The van der Waals surface area contributed by atoms with Gasteiger partial charge in [-0.25, -0.2) is 0 Å². The quantitative estimate of drug-likeness (QED) is 0.394. The van der Waals surface area contributed by atoms with Gasteiger partial charge in [0.15, 0.2) is 5.71 Å². The van der Waals surface area contributed by atoms with Crippen molar-refractivity contribution in [3.63, 3.8) is 0 Å². The lowest BCUT2D eigenvalue weighted by Gasteiger charge is -2.05. The second-order valence-electron chi connectivity index (χ2n) is 1.94.